The second-order valence-corrected chi connectivity index (χ2v) is 7.49. The number of nitrogens with zero attached hydrogens (tertiary/aromatic N) is 1. The van der Waals surface area contributed by atoms with Crippen molar-refractivity contribution in [2.45, 2.75) is 6.92 Å². The molecule has 3 aromatic carbocycles. The molecule has 0 aliphatic heterocycles. The molecule has 0 bridgehead atoms. The highest BCUT2D eigenvalue weighted by molar-refractivity contribution is 7.80. The van der Waals surface area contributed by atoms with Crippen molar-refractivity contribution >= 4 is 51.6 Å². The number of aryl methyl sites for hydroxylation is 1. The topological polar surface area (TPSA) is 87.4 Å². The minimum Gasteiger partial charge on any atom is -0.507 e. The number of halogens is 1. The summed E-state index contributed by atoms with van der Waals surface area (Å²) in [4.78, 5) is 16.7. The van der Waals surface area contributed by atoms with Crippen LogP contribution in [0.5, 0.6) is 5.75 Å². The SMILES string of the molecule is Cc1ccc2oc(-c3ccc(NC(=S)NC(=O)c4cccc(Cl)c4)cc3O)nc2c1. The number of carbonyl (C=O) groups is 1. The summed E-state index contributed by atoms with van der Waals surface area (Å²) >= 11 is 11.1. The van der Waals surface area contributed by atoms with Crippen molar-refractivity contribution in [1.29, 1.82) is 0 Å². The molecular weight excluding hydrogens is 422 g/mol. The summed E-state index contributed by atoms with van der Waals surface area (Å²) in [6, 6.07) is 17.1. The number of phenolic OH excluding ortho intramolecular Hbond substituents is 1. The monoisotopic (exact) mass is 437 g/mol. The van der Waals surface area contributed by atoms with Gasteiger partial charge in [-0.15, -0.1) is 0 Å². The average Bonchev–Trinajstić information content (AvgIpc) is 3.10. The van der Waals surface area contributed by atoms with Crippen molar-refractivity contribution < 1.29 is 14.3 Å². The van der Waals surface area contributed by atoms with Crippen molar-refractivity contribution in [3.8, 4) is 17.2 Å². The van der Waals surface area contributed by atoms with Gasteiger partial charge < -0.3 is 14.8 Å². The molecule has 0 unspecified atom stereocenters. The molecule has 0 aliphatic rings. The normalized spacial score (nSPS) is 10.7. The molecule has 0 aliphatic carbocycles. The Morgan fingerprint density at radius 1 is 1.13 bits per heavy atom. The lowest BCUT2D eigenvalue weighted by Gasteiger charge is -2.11. The van der Waals surface area contributed by atoms with E-state index in [1.165, 1.54) is 6.07 Å². The predicted octanol–water partition coefficient (Wildman–Crippen LogP) is 5.29. The van der Waals surface area contributed by atoms with E-state index in [1.807, 2.05) is 25.1 Å². The van der Waals surface area contributed by atoms with Crippen LogP contribution >= 0.6 is 23.8 Å². The van der Waals surface area contributed by atoms with Crippen LogP contribution in [0.15, 0.2) is 65.1 Å². The zero-order valence-electron chi connectivity index (χ0n) is 15.8. The van der Waals surface area contributed by atoms with Gasteiger partial charge in [-0.3, -0.25) is 10.1 Å². The summed E-state index contributed by atoms with van der Waals surface area (Å²) in [6.45, 7) is 1.97. The standard InChI is InChI=1S/C22H16ClN3O3S/c1-12-5-8-19-17(9-12)25-21(29-19)16-7-6-15(11-18(16)27)24-22(30)26-20(28)13-3-2-4-14(23)10-13/h2-11,27H,1H3,(H2,24,26,28,30). The minimum atomic E-state index is -0.391. The van der Waals surface area contributed by atoms with Gasteiger partial charge in [-0.2, -0.15) is 0 Å². The Bertz CT molecular complexity index is 1290. The van der Waals surface area contributed by atoms with Gasteiger partial charge in [-0.05, 0) is 67.2 Å². The molecule has 1 amide bonds. The highest BCUT2D eigenvalue weighted by Gasteiger charge is 2.14. The van der Waals surface area contributed by atoms with E-state index in [9.17, 15) is 9.90 Å². The van der Waals surface area contributed by atoms with E-state index in [1.54, 1.807) is 36.4 Å². The molecule has 30 heavy (non-hydrogen) atoms. The molecule has 6 nitrogen and oxygen atoms in total. The Balaban J connectivity index is 1.48. The van der Waals surface area contributed by atoms with Crippen molar-refractivity contribution in [2.24, 2.45) is 0 Å². The van der Waals surface area contributed by atoms with Crippen LogP contribution in [0.2, 0.25) is 5.02 Å². The maximum atomic E-state index is 12.2. The number of hydrogen-bond donors (Lipinski definition) is 3. The third kappa shape index (κ3) is 4.27. The predicted molar refractivity (Wildman–Crippen MR) is 121 cm³/mol. The van der Waals surface area contributed by atoms with Crippen LogP contribution in [0.3, 0.4) is 0 Å². The summed E-state index contributed by atoms with van der Waals surface area (Å²) in [7, 11) is 0. The van der Waals surface area contributed by atoms with Crippen LogP contribution < -0.4 is 10.6 Å². The van der Waals surface area contributed by atoms with Crippen LogP contribution in [-0.2, 0) is 0 Å². The summed E-state index contributed by atoms with van der Waals surface area (Å²) in [5.74, 6) is -0.110. The molecule has 0 spiro atoms. The van der Waals surface area contributed by atoms with E-state index >= 15 is 0 Å². The number of nitrogens with one attached hydrogen (secondary N) is 2. The van der Waals surface area contributed by atoms with Gasteiger partial charge in [-0.1, -0.05) is 23.7 Å². The average molecular weight is 438 g/mol. The number of oxazole rings is 1. The van der Waals surface area contributed by atoms with Crippen molar-refractivity contribution in [3.63, 3.8) is 0 Å². The fourth-order valence-corrected chi connectivity index (χ4v) is 3.31. The molecule has 0 saturated heterocycles. The van der Waals surface area contributed by atoms with Gasteiger partial charge in [0.05, 0.1) is 5.56 Å². The number of thiocarbonyl (C=S) groups is 1. The van der Waals surface area contributed by atoms with Crippen LogP contribution in [0.4, 0.5) is 5.69 Å². The molecule has 150 valence electrons. The molecule has 8 heteroatoms. The third-order valence-electron chi connectivity index (χ3n) is 4.34. The Hall–Kier alpha value is -3.42. The smallest absolute Gasteiger partial charge is 0.257 e. The number of amides is 1. The van der Waals surface area contributed by atoms with E-state index in [2.05, 4.69) is 15.6 Å². The number of aromatic nitrogens is 1. The van der Waals surface area contributed by atoms with E-state index in [0.29, 0.717) is 33.3 Å². The van der Waals surface area contributed by atoms with Gasteiger partial charge in [0.1, 0.15) is 11.3 Å². The van der Waals surface area contributed by atoms with Gasteiger partial charge in [-0.25, -0.2) is 4.98 Å². The molecule has 3 N–H and O–H groups in total. The first kappa shape index (κ1) is 19.9. The maximum absolute atomic E-state index is 12.2. The third-order valence-corrected chi connectivity index (χ3v) is 4.78. The molecule has 0 atom stereocenters. The number of rotatable bonds is 3. The van der Waals surface area contributed by atoms with Crippen molar-refractivity contribution in [3.05, 3.63) is 76.8 Å². The first-order valence-corrected chi connectivity index (χ1v) is 9.76. The summed E-state index contributed by atoms with van der Waals surface area (Å²) < 4.78 is 5.74. The Morgan fingerprint density at radius 2 is 1.97 bits per heavy atom. The van der Waals surface area contributed by atoms with Gasteiger partial charge in [0, 0.05) is 22.3 Å². The zero-order chi connectivity index (χ0) is 21.3. The van der Waals surface area contributed by atoms with Crippen molar-refractivity contribution in [2.75, 3.05) is 5.32 Å². The van der Waals surface area contributed by atoms with E-state index in [4.69, 9.17) is 28.2 Å². The van der Waals surface area contributed by atoms with Gasteiger partial charge in [0.2, 0.25) is 5.89 Å². The molecule has 4 aromatic rings. The largest absolute Gasteiger partial charge is 0.507 e. The number of aromatic hydroxyl groups is 1. The van der Waals surface area contributed by atoms with Gasteiger partial charge >= 0.3 is 0 Å². The highest BCUT2D eigenvalue weighted by Crippen LogP contribution is 2.33. The van der Waals surface area contributed by atoms with E-state index < -0.39 is 5.91 Å². The summed E-state index contributed by atoms with van der Waals surface area (Å²) in [5, 5.41) is 16.4. The van der Waals surface area contributed by atoms with Crippen molar-refractivity contribution in [1.82, 2.24) is 10.3 Å². The molecule has 0 radical (unpaired) electrons. The van der Waals surface area contributed by atoms with Crippen LogP contribution in [-0.4, -0.2) is 21.1 Å². The Labute approximate surface area is 182 Å². The molecule has 4 rings (SSSR count). The lowest BCUT2D eigenvalue weighted by molar-refractivity contribution is 0.0977. The second-order valence-electron chi connectivity index (χ2n) is 6.64. The Morgan fingerprint density at radius 3 is 2.73 bits per heavy atom. The summed E-state index contributed by atoms with van der Waals surface area (Å²) in [5.41, 5.74) is 3.76. The van der Waals surface area contributed by atoms with Crippen LogP contribution in [0, 0.1) is 6.92 Å². The van der Waals surface area contributed by atoms with Crippen LogP contribution in [0.25, 0.3) is 22.6 Å². The summed E-state index contributed by atoms with van der Waals surface area (Å²) in [6.07, 6.45) is 0. The molecular formula is C22H16ClN3O3S. The number of anilines is 1. The zero-order valence-corrected chi connectivity index (χ0v) is 17.3. The van der Waals surface area contributed by atoms with Gasteiger partial charge in [0.15, 0.2) is 10.7 Å². The molecule has 0 fully saturated rings. The van der Waals surface area contributed by atoms with Crippen LogP contribution in [0.1, 0.15) is 15.9 Å². The second kappa shape index (κ2) is 8.14. The fraction of sp³-hybridized carbons (Fsp3) is 0.0455. The molecule has 0 saturated carbocycles. The number of carbonyl (C=O) groups excluding carboxylic acids is 1. The molecule has 1 aromatic heterocycles. The Kier molecular flexibility index (Phi) is 5.39. The number of phenols is 1. The number of hydrogen-bond acceptors (Lipinski definition) is 5. The molecule has 1 heterocycles. The number of benzene rings is 3. The first-order chi connectivity index (χ1) is 14.4. The minimum absolute atomic E-state index is 0.0350. The fourth-order valence-electron chi connectivity index (χ4n) is 2.91. The van der Waals surface area contributed by atoms with E-state index in [-0.39, 0.29) is 10.9 Å². The quantitative estimate of drug-likeness (QED) is 0.377. The highest BCUT2D eigenvalue weighted by atomic mass is 35.5. The lowest BCUT2D eigenvalue weighted by atomic mass is 10.2. The first-order valence-electron chi connectivity index (χ1n) is 8.97. The maximum Gasteiger partial charge on any atom is 0.257 e. The number of fused-ring (bicyclic) bond motifs is 1. The van der Waals surface area contributed by atoms with Gasteiger partial charge in [0.25, 0.3) is 5.91 Å². The lowest BCUT2D eigenvalue weighted by Crippen LogP contribution is -2.34. The van der Waals surface area contributed by atoms with E-state index in [0.717, 1.165) is 11.1 Å².